The second-order valence-corrected chi connectivity index (χ2v) is 11.5. The molecule has 0 spiro atoms. The number of benzene rings is 2. The lowest BCUT2D eigenvalue weighted by atomic mass is 10.0. The van der Waals surface area contributed by atoms with Gasteiger partial charge in [0.05, 0.1) is 25.4 Å². The van der Waals surface area contributed by atoms with Gasteiger partial charge in [0.25, 0.3) is 5.91 Å². The Kier molecular flexibility index (Phi) is 10.1. The van der Waals surface area contributed by atoms with Gasteiger partial charge in [-0.2, -0.15) is 0 Å². The van der Waals surface area contributed by atoms with Crippen molar-refractivity contribution in [2.24, 2.45) is 5.73 Å². The van der Waals surface area contributed by atoms with Crippen LogP contribution in [0.2, 0.25) is 0 Å². The first-order chi connectivity index (χ1) is 17.2. The summed E-state index contributed by atoms with van der Waals surface area (Å²) in [7, 11) is 0. The van der Waals surface area contributed by atoms with E-state index in [2.05, 4.69) is 0 Å². The summed E-state index contributed by atoms with van der Waals surface area (Å²) in [6.07, 6.45) is 0.449. The van der Waals surface area contributed by atoms with Gasteiger partial charge in [0, 0.05) is 30.3 Å². The smallest absolute Gasteiger partial charge is 0.319 e. The van der Waals surface area contributed by atoms with Crippen LogP contribution >= 0.6 is 23.5 Å². The predicted octanol–water partition coefficient (Wildman–Crippen LogP) is 4.82. The van der Waals surface area contributed by atoms with Crippen LogP contribution in [-0.2, 0) is 9.53 Å². The minimum absolute atomic E-state index is 0.144. The highest BCUT2D eigenvalue weighted by Crippen LogP contribution is 2.30. The van der Waals surface area contributed by atoms with Crippen molar-refractivity contribution < 1.29 is 28.6 Å². The molecule has 3 rings (SSSR count). The van der Waals surface area contributed by atoms with Crippen molar-refractivity contribution in [2.45, 2.75) is 25.0 Å². The van der Waals surface area contributed by atoms with Crippen molar-refractivity contribution in [3.05, 3.63) is 65.0 Å². The molecule has 0 aliphatic carbocycles. The predicted molar refractivity (Wildman–Crippen MR) is 143 cm³/mol. The van der Waals surface area contributed by atoms with Gasteiger partial charge in [-0.15, -0.1) is 23.5 Å². The van der Waals surface area contributed by atoms with Crippen LogP contribution in [0.3, 0.4) is 0 Å². The maximum Gasteiger partial charge on any atom is 0.319 e. The zero-order valence-corrected chi connectivity index (χ0v) is 22.0. The summed E-state index contributed by atoms with van der Waals surface area (Å²) in [6, 6.07) is 11.5. The molecule has 1 saturated heterocycles. The highest BCUT2D eigenvalue weighted by Gasteiger charge is 2.27. The van der Waals surface area contributed by atoms with Crippen molar-refractivity contribution in [2.75, 3.05) is 38.0 Å². The molecule has 1 fully saturated rings. The maximum atomic E-state index is 13.4. The zero-order chi connectivity index (χ0) is 26.1. The Labute approximate surface area is 219 Å². The molecule has 0 unspecified atom stereocenters. The van der Waals surface area contributed by atoms with Crippen LogP contribution in [-0.4, -0.2) is 64.6 Å². The minimum Gasteiger partial charge on any atom is -0.492 e. The van der Waals surface area contributed by atoms with Crippen LogP contribution in [0, 0.1) is 5.82 Å². The fourth-order valence-corrected chi connectivity index (χ4v) is 5.48. The minimum atomic E-state index is -0.859. The summed E-state index contributed by atoms with van der Waals surface area (Å²) in [6.45, 7) is 5.58. The molecule has 0 aromatic heterocycles. The highest BCUT2D eigenvalue weighted by atomic mass is 32.2. The molecular formula is C26H31FN2O5S2. The third kappa shape index (κ3) is 7.91. The summed E-state index contributed by atoms with van der Waals surface area (Å²) in [5.41, 5.74) is 8.72. The van der Waals surface area contributed by atoms with E-state index < -0.39 is 10.7 Å². The van der Waals surface area contributed by atoms with Crippen LogP contribution < -0.4 is 10.5 Å². The summed E-state index contributed by atoms with van der Waals surface area (Å²) in [4.78, 5) is 26.2. The Balaban J connectivity index is 1.66. The molecule has 7 nitrogen and oxygen atoms in total. The third-order valence-corrected chi connectivity index (χ3v) is 7.95. The van der Waals surface area contributed by atoms with E-state index >= 15 is 0 Å². The molecule has 0 atom stereocenters. The summed E-state index contributed by atoms with van der Waals surface area (Å²) in [5, 5.41) is 11.5. The molecule has 194 valence electrons. The number of rotatable bonds is 11. The second kappa shape index (κ2) is 13.0. The zero-order valence-electron chi connectivity index (χ0n) is 20.4. The average Bonchev–Trinajstić information content (AvgIpc) is 2.87. The van der Waals surface area contributed by atoms with Gasteiger partial charge in [0.2, 0.25) is 0 Å². The number of halogens is 1. The molecule has 0 bridgehead atoms. The molecule has 36 heavy (non-hydrogen) atoms. The van der Waals surface area contributed by atoms with Gasteiger partial charge in [-0.05, 0) is 54.6 Å². The van der Waals surface area contributed by atoms with E-state index in [0.29, 0.717) is 54.8 Å². The second-order valence-electron chi connectivity index (χ2n) is 8.66. The van der Waals surface area contributed by atoms with Gasteiger partial charge in [-0.1, -0.05) is 18.2 Å². The topological polar surface area (TPSA) is 102 Å². The number of carboxylic acids is 1. The van der Waals surface area contributed by atoms with E-state index in [-0.39, 0.29) is 18.3 Å². The van der Waals surface area contributed by atoms with Gasteiger partial charge < -0.3 is 25.2 Å². The molecule has 10 heteroatoms. The number of nitrogens with zero attached hydrogens (tertiary/aromatic N) is 1. The number of hydrogen-bond acceptors (Lipinski definition) is 7. The number of ether oxygens (including phenoxy) is 2. The molecule has 2 aromatic rings. The molecule has 1 heterocycles. The van der Waals surface area contributed by atoms with Crippen LogP contribution in [0.4, 0.5) is 4.39 Å². The van der Waals surface area contributed by atoms with Crippen molar-refractivity contribution in [1.82, 2.24) is 4.90 Å². The van der Waals surface area contributed by atoms with E-state index in [4.69, 9.17) is 15.2 Å². The normalized spacial score (nSPS) is 14.5. The first-order valence-electron chi connectivity index (χ1n) is 11.5. The number of carbonyl (C=O) groups is 2. The van der Waals surface area contributed by atoms with Crippen LogP contribution in [0.5, 0.6) is 5.75 Å². The van der Waals surface area contributed by atoms with Crippen molar-refractivity contribution >= 4 is 35.4 Å². The van der Waals surface area contributed by atoms with E-state index in [1.54, 1.807) is 48.4 Å². The Morgan fingerprint density at radius 3 is 2.50 bits per heavy atom. The quantitative estimate of drug-likeness (QED) is 0.313. The van der Waals surface area contributed by atoms with Crippen molar-refractivity contribution in [1.29, 1.82) is 0 Å². The van der Waals surface area contributed by atoms with Crippen LogP contribution in [0.1, 0.15) is 30.6 Å². The number of morpholine rings is 1. The molecule has 0 saturated carbocycles. The monoisotopic (exact) mass is 534 g/mol. The number of amides is 1. The van der Waals surface area contributed by atoms with Gasteiger partial charge >= 0.3 is 5.97 Å². The average molecular weight is 535 g/mol. The maximum absolute atomic E-state index is 13.4. The summed E-state index contributed by atoms with van der Waals surface area (Å²) < 4.78 is 23.8. The molecule has 3 N–H and O–H groups in total. The Hall–Kier alpha value is -2.69. The summed E-state index contributed by atoms with van der Waals surface area (Å²) >= 11 is 2.77. The Morgan fingerprint density at radius 2 is 1.83 bits per heavy atom. The lowest BCUT2D eigenvalue weighted by Gasteiger charge is -2.27. The molecule has 0 radical (unpaired) electrons. The summed E-state index contributed by atoms with van der Waals surface area (Å²) in [5.74, 6) is -0.867. The van der Waals surface area contributed by atoms with Crippen LogP contribution in [0.15, 0.2) is 53.6 Å². The largest absolute Gasteiger partial charge is 0.492 e. The van der Waals surface area contributed by atoms with E-state index in [1.807, 2.05) is 6.07 Å². The van der Waals surface area contributed by atoms with Gasteiger partial charge in [-0.25, -0.2) is 4.39 Å². The number of thioether (sulfide) groups is 2. The van der Waals surface area contributed by atoms with E-state index in [9.17, 15) is 19.1 Å². The SMILES string of the molecule is CC(C)(SCS/C=C(\N)CCOc1ccc(-c2ccc(F)cc2)cc1C(=O)N1CCOCC1)C(=O)O. The highest BCUT2D eigenvalue weighted by molar-refractivity contribution is 8.18. The van der Waals surface area contributed by atoms with Crippen molar-refractivity contribution in [3.63, 3.8) is 0 Å². The van der Waals surface area contributed by atoms with Crippen molar-refractivity contribution in [3.8, 4) is 16.9 Å². The lowest BCUT2D eigenvalue weighted by Crippen LogP contribution is -2.40. The number of carboxylic acid groups (broad SMARTS) is 1. The Bertz CT molecular complexity index is 1090. The van der Waals surface area contributed by atoms with Gasteiger partial charge in [-0.3, -0.25) is 9.59 Å². The number of aliphatic carboxylic acids is 1. The van der Waals surface area contributed by atoms with Gasteiger partial charge in [0.1, 0.15) is 16.3 Å². The molecule has 1 aliphatic rings. The van der Waals surface area contributed by atoms with Gasteiger partial charge in [0.15, 0.2) is 0 Å². The lowest BCUT2D eigenvalue weighted by molar-refractivity contribution is -0.138. The first-order valence-corrected chi connectivity index (χ1v) is 13.5. The Morgan fingerprint density at radius 1 is 1.17 bits per heavy atom. The molecule has 1 aliphatic heterocycles. The van der Waals surface area contributed by atoms with Crippen LogP contribution in [0.25, 0.3) is 11.1 Å². The standard InChI is InChI=1S/C26H31FN2O5S2/c1-26(2,25(31)32)36-17-35-16-21(28)9-12-34-23-8-5-19(18-3-6-20(27)7-4-18)15-22(23)24(30)29-10-13-33-14-11-29/h3-8,15-16H,9-14,17,28H2,1-2H3,(H,31,32)/b21-16-. The first kappa shape index (κ1) is 27.9. The fraction of sp³-hybridized carbons (Fsp3) is 0.385. The number of hydrogen-bond donors (Lipinski definition) is 2. The molecule has 1 amide bonds. The third-order valence-electron chi connectivity index (χ3n) is 5.57. The number of carbonyl (C=O) groups excluding carboxylic acids is 1. The van der Waals surface area contributed by atoms with E-state index in [1.165, 1.54) is 35.7 Å². The number of nitrogens with two attached hydrogens (primary N) is 1. The molecule has 2 aromatic carbocycles. The fourth-order valence-electron chi connectivity index (χ4n) is 3.30. The molecular weight excluding hydrogens is 503 g/mol. The van der Waals surface area contributed by atoms with E-state index in [0.717, 1.165) is 11.1 Å².